The van der Waals surface area contributed by atoms with Gasteiger partial charge in [-0.3, -0.25) is 0 Å². The van der Waals surface area contributed by atoms with Crippen LogP contribution in [0.25, 0.3) is 0 Å². The Bertz CT molecular complexity index is 429. The molecular formula is C12H13N3. The Morgan fingerprint density at radius 2 is 2.40 bits per heavy atom. The SMILES string of the molecule is CC1=CCN(c2cc(C#N)ccn2)CC1. The second-order valence-electron chi connectivity index (χ2n) is 3.76. The van der Waals surface area contributed by atoms with E-state index in [0.29, 0.717) is 5.56 Å². The zero-order chi connectivity index (χ0) is 10.7. The Hall–Kier alpha value is -1.82. The summed E-state index contributed by atoms with van der Waals surface area (Å²) in [7, 11) is 0. The van der Waals surface area contributed by atoms with Gasteiger partial charge in [0.1, 0.15) is 5.82 Å². The Balaban J connectivity index is 2.20. The van der Waals surface area contributed by atoms with Gasteiger partial charge in [-0.25, -0.2) is 4.98 Å². The normalized spacial score (nSPS) is 15.7. The van der Waals surface area contributed by atoms with Crippen LogP contribution in [0, 0.1) is 11.3 Å². The molecule has 0 aromatic carbocycles. The lowest BCUT2D eigenvalue weighted by Crippen LogP contribution is -2.28. The van der Waals surface area contributed by atoms with Gasteiger partial charge in [-0.15, -0.1) is 0 Å². The lowest BCUT2D eigenvalue weighted by molar-refractivity contribution is 0.775. The Morgan fingerprint density at radius 1 is 1.53 bits per heavy atom. The first-order chi connectivity index (χ1) is 7.29. The minimum Gasteiger partial charge on any atom is -0.353 e. The van der Waals surface area contributed by atoms with Crippen molar-refractivity contribution in [1.82, 2.24) is 4.98 Å². The van der Waals surface area contributed by atoms with Crippen LogP contribution in [-0.2, 0) is 0 Å². The lowest BCUT2D eigenvalue weighted by atomic mass is 10.1. The van der Waals surface area contributed by atoms with Gasteiger partial charge in [0.15, 0.2) is 0 Å². The van der Waals surface area contributed by atoms with Crippen LogP contribution in [0.15, 0.2) is 30.0 Å². The van der Waals surface area contributed by atoms with Crippen LogP contribution in [0.1, 0.15) is 18.9 Å². The molecule has 1 aromatic rings. The van der Waals surface area contributed by atoms with Gasteiger partial charge >= 0.3 is 0 Å². The quantitative estimate of drug-likeness (QED) is 0.650. The van der Waals surface area contributed by atoms with Crippen LogP contribution in [0.4, 0.5) is 5.82 Å². The predicted octanol–water partition coefficient (Wildman–Crippen LogP) is 2.11. The summed E-state index contributed by atoms with van der Waals surface area (Å²) in [5.74, 6) is 0.901. The molecular weight excluding hydrogens is 186 g/mol. The zero-order valence-electron chi connectivity index (χ0n) is 8.77. The summed E-state index contributed by atoms with van der Waals surface area (Å²) in [4.78, 5) is 6.47. The average molecular weight is 199 g/mol. The first-order valence-electron chi connectivity index (χ1n) is 5.06. The molecule has 3 heteroatoms. The van der Waals surface area contributed by atoms with Crippen molar-refractivity contribution < 1.29 is 0 Å². The van der Waals surface area contributed by atoms with Crippen LogP contribution in [-0.4, -0.2) is 18.1 Å². The number of rotatable bonds is 1. The third-order valence-electron chi connectivity index (χ3n) is 2.63. The summed E-state index contributed by atoms with van der Waals surface area (Å²) in [5.41, 5.74) is 2.11. The highest BCUT2D eigenvalue weighted by molar-refractivity contribution is 5.46. The molecule has 3 nitrogen and oxygen atoms in total. The standard InChI is InChI=1S/C12H13N3/c1-10-3-6-15(7-4-10)12-8-11(9-13)2-5-14-12/h2-3,5,8H,4,6-7H2,1H3. The molecule has 1 aromatic heterocycles. The number of hydrogen-bond acceptors (Lipinski definition) is 3. The van der Waals surface area contributed by atoms with E-state index >= 15 is 0 Å². The fourth-order valence-electron chi connectivity index (χ4n) is 1.64. The maximum atomic E-state index is 8.79. The molecule has 0 saturated carbocycles. The third kappa shape index (κ3) is 2.16. The highest BCUT2D eigenvalue weighted by atomic mass is 15.2. The highest BCUT2D eigenvalue weighted by Crippen LogP contribution is 2.17. The fourth-order valence-corrected chi connectivity index (χ4v) is 1.64. The molecule has 76 valence electrons. The fraction of sp³-hybridized carbons (Fsp3) is 0.333. The maximum Gasteiger partial charge on any atom is 0.130 e. The lowest BCUT2D eigenvalue weighted by Gasteiger charge is -2.26. The van der Waals surface area contributed by atoms with Gasteiger partial charge in [0.05, 0.1) is 11.6 Å². The number of anilines is 1. The van der Waals surface area contributed by atoms with E-state index in [1.807, 2.05) is 6.07 Å². The van der Waals surface area contributed by atoms with Crippen molar-refractivity contribution in [3.05, 3.63) is 35.5 Å². The number of pyridine rings is 1. The van der Waals surface area contributed by atoms with Gasteiger partial charge in [0, 0.05) is 19.3 Å². The molecule has 0 spiro atoms. The molecule has 2 rings (SSSR count). The van der Waals surface area contributed by atoms with E-state index in [-0.39, 0.29) is 0 Å². The topological polar surface area (TPSA) is 39.9 Å². The number of nitrogens with zero attached hydrogens (tertiary/aromatic N) is 3. The number of aromatic nitrogens is 1. The Labute approximate surface area is 89.7 Å². The van der Waals surface area contributed by atoms with Gasteiger partial charge in [0.25, 0.3) is 0 Å². The summed E-state index contributed by atoms with van der Waals surface area (Å²) in [5, 5.41) is 8.79. The van der Waals surface area contributed by atoms with Crippen molar-refractivity contribution in [2.45, 2.75) is 13.3 Å². The van der Waals surface area contributed by atoms with E-state index in [1.54, 1.807) is 12.3 Å². The van der Waals surface area contributed by atoms with E-state index in [9.17, 15) is 0 Å². The average Bonchev–Trinajstić information content (AvgIpc) is 2.30. The molecule has 0 radical (unpaired) electrons. The van der Waals surface area contributed by atoms with Crippen LogP contribution in [0.2, 0.25) is 0 Å². The van der Waals surface area contributed by atoms with E-state index in [1.165, 1.54) is 5.57 Å². The van der Waals surface area contributed by atoms with Crippen molar-refractivity contribution in [3.63, 3.8) is 0 Å². The minimum absolute atomic E-state index is 0.672. The van der Waals surface area contributed by atoms with Gasteiger partial charge in [0.2, 0.25) is 0 Å². The van der Waals surface area contributed by atoms with E-state index in [2.05, 4.69) is 29.0 Å². The first kappa shape index (κ1) is 9.72. The molecule has 0 bridgehead atoms. The second-order valence-corrected chi connectivity index (χ2v) is 3.76. The summed E-state index contributed by atoms with van der Waals surface area (Å²) in [6, 6.07) is 5.71. The predicted molar refractivity (Wildman–Crippen MR) is 59.5 cm³/mol. The van der Waals surface area contributed by atoms with Crippen LogP contribution in [0.3, 0.4) is 0 Å². The monoisotopic (exact) mass is 199 g/mol. The van der Waals surface area contributed by atoms with Crippen molar-refractivity contribution in [2.75, 3.05) is 18.0 Å². The van der Waals surface area contributed by atoms with Crippen molar-refractivity contribution in [1.29, 1.82) is 5.26 Å². The number of hydrogen-bond donors (Lipinski definition) is 0. The minimum atomic E-state index is 0.672. The van der Waals surface area contributed by atoms with Crippen molar-refractivity contribution in [2.24, 2.45) is 0 Å². The van der Waals surface area contributed by atoms with Crippen LogP contribution < -0.4 is 4.90 Å². The first-order valence-corrected chi connectivity index (χ1v) is 5.06. The largest absolute Gasteiger partial charge is 0.353 e. The molecule has 0 saturated heterocycles. The maximum absolute atomic E-state index is 8.79. The Morgan fingerprint density at radius 3 is 3.07 bits per heavy atom. The van der Waals surface area contributed by atoms with E-state index in [0.717, 1.165) is 25.3 Å². The molecule has 1 aliphatic rings. The molecule has 0 fully saturated rings. The van der Waals surface area contributed by atoms with Crippen LogP contribution in [0.5, 0.6) is 0 Å². The molecule has 0 aliphatic carbocycles. The second kappa shape index (κ2) is 4.14. The van der Waals surface area contributed by atoms with Gasteiger partial charge in [-0.2, -0.15) is 5.26 Å². The van der Waals surface area contributed by atoms with Gasteiger partial charge < -0.3 is 4.90 Å². The summed E-state index contributed by atoms with van der Waals surface area (Å²) in [6.07, 6.45) is 4.99. The zero-order valence-corrected chi connectivity index (χ0v) is 8.77. The highest BCUT2D eigenvalue weighted by Gasteiger charge is 2.11. The molecule has 15 heavy (non-hydrogen) atoms. The third-order valence-corrected chi connectivity index (χ3v) is 2.63. The van der Waals surface area contributed by atoms with Crippen LogP contribution >= 0.6 is 0 Å². The summed E-state index contributed by atoms with van der Waals surface area (Å²) >= 11 is 0. The Kier molecular flexibility index (Phi) is 2.68. The molecule has 1 aliphatic heterocycles. The molecule has 0 atom stereocenters. The molecule has 0 N–H and O–H groups in total. The number of nitriles is 1. The smallest absolute Gasteiger partial charge is 0.130 e. The summed E-state index contributed by atoms with van der Waals surface area (Å²) in [6.45, 7) is 4.04. The molecule has 0 unspecified atom stereocenters. The molecule has 2 heterocycles. The summed E-state index contributed by atoms with van der Waals surface area (Å²) < 4.78 is 0. The van der Waals surface area contributed by atoms with Gasteiger partial charge in [-0.05, 0) is 25.5 Å². The van der Waals surface area contributed by atoms with Gasteiger partial charge in [-0.1, -0.05) is 11.6 Å². The van der Waals surface area contributed by atoms with E-state index in [4.69, 9.17) is 5.26 Å². The van der Waals surface area contributed by atoms with Crippen molar-refractivity contribution >= 4 is 5.82 Å². The molecule has 0 amide bonds. The van der Waals surface area contributed by atoms with E-state index < -0.39 is 0 Å². The van der Waals surface area contributed by atoms with Crippen molar-refractivity contribution in [3.8, 4) is 6.07 Å².